The number of benzene rings is 2. The van der Waals surface area contributed by atoms with E-state index in [0.29, 0.717) is 6.61 Å². The minimum absolute atomic E-state index is 0.650. The van der Waals surface area contributed by atoms with E-state index in [2.05, 4.69) is 79.4 Å². The van der Waals surface area contributed by atoms with Crippen LogP contribution < -0.4 is 0 Å². The number of hydrogen-bond donors (Lipinski definition) is 0. The predicted molar refractivity (Wildman–Crippen MR) is 116 cm³/mol. The number of nitrogens with zero attached hydrogens (tertiary/aromatic N) is 1. The van der Waals surface area contributed by atoms with Gasteiger partial charge in [-0.25, -0.2) is 0 Å². The van der Waals surface area contributed by atoms with Crippen LogP contribution in [0.15, 0.2) is 66.2 Å². The van der Waals surface area contributed by atoms with Gasteiger partial charge in [0.2, 0.25) is 0 Å². The molecule has 0 aliphatic heterocycles. The average Bonchev–Trinajstić information content (AvgIpc) is 2.73. The molecule has 0 unspecified atom stereocenters. The minimum Gasteiger partial charge on any atom is -0.378 e. The number of ether oxygens (including phenoxy) is 1. The molecule has 0 aromatic heterocycles. The van der Waals surface area contributed by atoms with Gasteiger partial charge in [-0.2, -0.15) is 0 Å². The molecule has 0 atom stereocenters. The first-order chi connectivity index (χ1) is 13.3. The molecule has 0 bridgehead atoms. The van der Waals surface area contributed by atoms with Crippen molar-refractivity contribution in [2.45, 2.75) is 33.6 Å². The van der Waals surface area contributed by atoms with E-state index in [1.54, 1.807) is 0 Å². The van der Waals surface area contributed by atoms with Crippen LogP contribution in [-0.4, -0.2) is 31.2 Å². The molecule has 0 spiro atoms. The van der Waals surface area contributed by atoms with Gasteiger partial charge in [0.25, 0.3) is 0 Å². The molecular weight excluding hydrogens is 330 g/mol. The fourth-order valence-electron chi connectivity index (χ4n) is 3.97. The Labute approximate surface area is 164 Å². The van der Waals surface area contributed by atoms with Gasteiger partial charge >= 0.3 is 0 Å². The van der Waals surface area contributed by atoms with Crippen LogP contribution in [0.3, 0.4) is 0 Å². The van der Waals surface area contributed by atoms with Gasteiger partial charge in [0.1, 0.15) is 0 Å². The minimum atomic E-state index is 0.650. The van der Waals surface area contributed by atoms with Crippen LogP contribution in [0.5, 0.6) is 0 Å². The third-order valence-electron chi connectivity index (χ3n) is 5.30. The lowest BCUT2D eigenvalue weighted by atomic mass is 9.83. The van der Waals surface area contributed by atoms with Crippen molar-refractivity contribution in [1.82, 2.24) is 4.90 Å². The Bertz CT molecular complexity index is 800. The fraction of sp³-hybridized carbons (Fsp3) is 0.360. The van der Waals surface area contributed by atoms with E-state index < -0.39 is 0 Å². The van der Waals surface area contributed by atoms with E-state index in [0.717, 1.165) is 32.5 Å². The van der Waals surface area contributed by atoms with Gasteiger partial charge in [0.05, 0.1) is 6.61 Å². The molecule has 2 heteroatoms. The van der Waals surface area contributed by atoms with Crippen molar-refractivity contribution in [3.05, 3.63) is 82.9 Å². The first-order valence-electron chi connectivity index (χ1n) is 10.2. The van der Waals surface area contributed by atoms with Crippen LogP contribution >= 0.6 is 0 Å². The lowest BCUT2D eigenvalue weighted by Crippen LogP contribution is -2.25. The number of fused-ring (bicyclic) bond motifs is 1. The van der Waals surface area contributed by atoms with Gasteiger partial charge in [0.15, 0.2) is 0 Å². The topological polar surface area (TPSA) is 12.5 Å². The Morgan fingerprint density at radius 3 is 2.33 bits per heavy atom. The number of rotatable bonds is 8. The van der Waals surface area contributed by atoms with Crippen LogP contribution in [-0.2, 0) is 11.2 Å². The molecule has 2 nitrogen and oxygen atoms in total. The van der Waals surface area contributed by atoms with Gasteiger partial charge in [-0.3, -0.25) is 0 Å². The van der Waals surface area contributed by atoms with E-state index in [1.165, 1.54) is 33.5 Å². The van der Waals surface area contributed by atoms with Crippen molar-refractivity contribution in [1.29, 1.82) is 0 Å². The molecule has 0 radical (unpaired) electrons. The van der Waals surface area contributed by atoms with Crippen molar-refractivity contribution >= 4 is 11.3 Å². The molecule has 0 N–H and O–H groups in total. The molecule has 0 saturated heterocycles. The summed E-state index contributed by atoms with van der Waals surface area (Å²) in [6.07, 6.45) is 4.43. The SMILES string of the molecule is CCOC/C=C(\C1=C(N(CC)CC)c2ccccc2CC1)c1ccccc1. The molecule has 1 aliphatic rings. The molecule has 142 valence electrons. The van der Waals surface area contributed by atoms with Crippen LogP contribution in [0.2, 0.25) is 0 Å². The summed E-state index contributed by atoms with van der Waals surface area (Å²) in [5.41, 5.74) is 8.29. The highest BCUT2D eigenvalue weighted by atomic mass is 16.5. The second-order valence-corrected chi connectivity index (χ2v) is 6.80. The van der Waals surface area contributed by atoms with Crippen molar-refractivity contribution in [2.24, 2.45) is 0 Å². The fourth-order valence-corrected chi connectivity index (χ4v) is 3.97. The normalized spacial score (nSPS) is 14.3. The van der Waals surface area contributed by atoms with Crippen LogP contribution in [0.4, 0.5) is 0 Å². The Balaban J connectivity index is 2.18. The third-order valence-corrected chi connectivity index (χ3v) is 5.30. The lowest BCUT2D eigenvalue weighted by Gasteiger charge is -2.33. The molecule has 1 aliphatic carbocycles. The molecule has 2 aromatic carbocycles. The van der Waals surface area contributed by atoms with Gasteiger partial charge in [-0.1, -0.05) is 60.7 Å². The summed E-state index contributed by atoms with van der Waals surface area (Å²) >= 11 is 0. The van der Waals surface area contributed by atoms with Gasteiger partial charge < -0.3 is 9.64 Å². The zero-order valence-corrected chi connectivity index (χ0v) is 16.9. The number of aryl methyl sites for hydroxylation is 1. The average molecular weight is 362 g/mol. The van der Waals surface area contributed by atoms with Crippen molar-refractivity contribution in [3.8, 4) is 0 Å². The van der Waals surface area contributed by atoms with E-state index in [4.69, 9.17) is 4.74 Å². The summed E-state index contributed by atoms with van der Waals surface area (Å²) in [4.78, 5) is 2.50. The molecule has 27 heavy (non-hydrogen) atoms. The van der Waals surface area contributed by atoms with E-state index >= 15 is 0 Å². The summed E-state index contributed by atoms with van der Waals surface area (Å²) in [5, 5.41) is 0. The summed E-state index contributed by atoms with van der Waals surface area (Å²) < 4.78 is 5.68. The summed E-state index contributed by atoms with van der Waals surface area (Å²) in [7, 11) is 0. The zero-order valence-electron chi connectivity index (χ0n) is 16.9. The Morgan fingerprint density at radius 2 is 1.63 bits per heavy atom. The second kappa shape index (κ2) is 9.57. The number of allylic oxidation sites excluding steroid dienone is 2. The maximum atomic E-state index is 5.68. The van der Waals surface area contributed by atoms with Crippen molar-refractivity contribution in [3.63, 3.8) is 0 Å². The zero-order chi connectivity index (χ0) is 19.1. The van der Waals surface area contributed by atoms with Crippen molar-refractivity contribution in [2.75, 3.05) is 26.3 Å². The van der Waals surface area contributed by atoms with Gasteiger partial charge in [0, 0.05) is 31.0 Å². The first kappa shape index (κ1) is 19.4. The highest BCUT2D eigenvalue weighted by Crippen LogP contribution is 2.40. The Hall–Kier alpha value is -2.32. The molecule has 0 heterocycles. The molecular formula is C25H31NO. The molecule has 0 amide bonds. The number of hydrogen-bond acceptors (Lipinski definition) is 2. The second-order valence-electron chi connectivity index (χ2n) is 6.80. The highest BCUT2D eigenvalue weighted by Gasteiger charge is 2.24. The van der Waals surface area contributed by atoms with Crippen LogP contribution in [0.25, 0.3) is 11.3 Å². The smallest absolute Gasteiger partial charge is 0.0656 e. The quantitative estimate of drug-likeness (QED) is 0.551. The van der Waals surface area contributed by atoms with Gasteiger partial charge in [-0.15, -0.1) is 0 Å². The van der Waals surface area contributed by atoms with Crippen molar-refractivity contribution < 1.29 is 4.74 Å². The largest absolute Gasteiger partial charge is 0.378 e. The predicted octanol–water partition coefficient (Wildman–Crippen LogP) is 5.81. The van der Waals surface area contributed by atoms with Gasteiger partial charge in [-0.05, 0) is 55.9 Å². The van der Waals surface area contributed by atoms with E-state index in [1.807, 2.05) is 6.92 Å². The monoisotopic (exact) mass is 361 g/mol. The van der Waals surface area contributed by atoms with Crippen LogP contribution in [0.1, 0.15) is 43.9 Å². The molecule has 0 fully saturated rings. The molecule has 0 saturated carbocycles. The molecule has 3 rings (SSSR count). The van der Waals surface area contributed by atoms with E-state index in [9.17, 15) is 0 Å². The maximum absolute atomic E-state index is 5.68. The third kappa shape index (κ3) is 4.33. The Kier molecular flexibility index (Phi) is 6.89. The summed E-state index contributed by atoms with van der Waals surface area (Å²) in [6.45, 7) is 9.96. The summed E-state index contributed by atoms with van der Waals surface area (Å²) in [6, 6.07) is 19.6. The lowest BCUT2D eigenvalue weighted by molar-refractivity contribution is 0.178. The van der Waals surface area contributed by atoms with E-state index in [-0.39, 0.29) is 0 Å². The standard InChI is InChI=1S/C25H31NO/c1-4-26(5-2)25-23-15-11-10-14-21(23)16-17-24(25)22(18-19-27-6-3)20-12-8-7-9-13-20/h7-15,18H,4-6,16-17,19H2,1-3H3/b22-18-. The summed E-state index contributed by atoms with van der Waals surface area (Å²) in [5.74, 6) is 0. The Morgan fingerprint density at radius 1 is 0.926 bits per heavy atom. The van der Waals surface area contributed by atoms with Crippen LogP contribution in [0, 0.1) is 0 Å². The maximum Gasteiger partial charge on any atom is 0.0656 e. The first-order valence-corrected chi connectivity index (χ1v) is 10.2. The highest BCUT2D eigenvalue weighted by molar-refractivity contribution is 5.90. The molecule has 2 aromatic rings.